The summed E-state index contributed by atoms with van der Waals surface area (Å²) in [6, 6.07) is 12.1. The third-order valence-electron chi connectivity index (χ3n) is 3.73. The first-order valence-corrected chi connectivity index (χ1v) is 8.12. The van der Waals surface area contributed by atoms with Gasteiger partial charge in [0.15, 0.2) is 12.4 Å². The van der Waals surface area contributed by atoms with Crippen LogP contribution in [0.4, 0.5) is 0 Å². The van der Waals surface area contributed by atoms with Gasteiger partial charge >= 0.3 is 5.97 Å². The molecule has 0 aliphatic carbocycles. The maximum Gasteiger partial charge on any atom is 0.344 e. The molecule has 3 rings (SSSR count). The predicted octanol–water partition coefficient (Wildman–Crippen LogP) is 3.25. The number of ether oxygens (including phenoxy) is 4. The maximum atomic E-state index is 12.5. The lowest BCUT2D eigenvalue weighted by molar-refractivity contribution is -0.145. The molecule has 0 bridgehead atoms. The summed E-state index contributed by atoms with van der Waals surface area (Å²) in [4.78, 5) is 24.0. The van der Waals surface area contributed by atoms with Crippen molar-refractivity contribution in [3.8, 4) is 17.2 Å². The van der Waals surface area contributed by atoms with Gasteiger partial charge in [-0.05, 0) is 31.2 Å². The first kappa shape index (κ1) is 17.5. The second-order valence-corrected chi connectivity index (χ2v) is 5.43. The monoisotopic (exact) mass is 354 g/mol. The molecular formula is C20H18O6. The fraction of sp³-hybridized carbons (Fsp3) is 0.200. The molecular weight excluding hydrogens is 336 g/mol. The number of hydrogen-bond acceptors (Lipinski definition) is 6. The Labute approximate surface area is 150 Å². The second-order valence-electron chi connectivity index (χ2n) is 5.43. The third-order valence-corrected chi connectivity index (χ3v) is 3.73. The van der Waals surface area contributed by atoms with Gasteiger partial charge in [-0.15, -0.1) is 0 Å². The minimum atomic E-state index is -0.456. The molecule has 6 nitrogen and oxygen atoms in total. The summed E-state index contributed by atoms with van der Waals surface area (Å²) >= 11 is 0. The number of carbonyl (C=O) groups excluding carboxylic acids is 2. The van der Waals surface area contributed by atoms with E-state index in [9.17, 15) is 9.59 Å². The van der Waals surface area contributed by atoms with Crippen LogP contribution in [0.3, 0.4) is 0 Å². The van der Waals surface area contributed by atoms with Crippen molar-refractivity contribution in [1.29, 1.82) is 0 Å². The van der Waals surface area contributed by atoms with Crippen molar-refractivity contribution in [2.24, 2.45) is 0 Å². The van der Waals surface area contributed by atoms with Crippen molar-refractivity contribution in [3.05, 3.63) is 59.4 Å². The van der Waals surface area contributed by atoms with Gasteiger partial charge < -0.3 is 18.9 Å². The van der Waals surface area contributed by atoms with Crippen molar-refractivity contribution in [2.75, 3.05) is 20.3 Å². The van der Waals surface area contributed by atoms with Crippen molar-refractivity contribution in [1.82, 2.24) is 0 Å². The predicted molar refractivity (Wildman–Crippen MR) is 94.5 cm³/mol. The van der Waals surface area contributed by atoms with Crippen LogP contribution in [0.1, 0.15) is 22.8 Å². The quantitative estimate of drug-likeness (QED) is 0.586. The Bertz CT molecular complexity index is 868. The third kappa shape index (κ3) is 3.69. The highest BCUT2D eigenvalue weighted by molar-refractivity contribution is 6.14. The van der Waals surface area contributed by atoms with Crippen LogP contribution < -0.4 is 14.2 Å². The van der Waals surface area contributed by atoms with E-state index in [-0.39, 0.29) is 24.8 Å². The number of carbonyl (C=O) groups is 2. The molecule has 1 aliphatic heterocycles. The van der Waals surface area contributed by atoms with Crippen molar-refractivity contribution >= 4 is 17.8 Å². The smallest absolute Gasteiger partial charge is 0.344 e. The Morgan fingerprint density at radius 1 is 1.19 bits per heavy atom. The van der Waals surface area contributed by atoms with Crippen LogP contribution in [0.15, 0.2) is 48.2 Å². The van der Waals surface area contributed by atoms with Crippen LogP contribution in [0.2, 0.25) is 0 Å². The molecule has 0 saturated carbocycles. The highest BCUT2D eigenvalue weighted by Crippen LogP contribution is 2.35. The normalized spacial score (nSPS) is 13.9. The van der Waals surface area contributed by atoms with E-state index in [4.69, 9.17) is 18.9 Å². The summed E-state index contributed by atoms with van der Waals surface area (Å²) in [5.74, 6) is 1.02. The molecule has 6 heteroatoms. The van der Waals surface area contributed by atoms with Gasteiger partial charge in [0.1, 0.15) is 17.2 Å². The molecule has 0 amide bonds. The number of rotatable bonds is 6. The van der Waals surface area contributed by atoms with Gasteiger partial charge in [0, 0.05) is 11.6 Å². The van der Waals surface area contributed by atoms with E-state index in [1.165, 1.54) is 0 Å². The Kier molecular flexibility index (Phi) is 5.22. The molecule has 2 aromatic carbocycles. The fourth-order valence-corrected chi connectivity index (χ4v) is 2.51. The van der Waals surface area contributed by atoms with Crippen molar-refractivity contribution < 1.29 is 28.5 Å². The topological polar surface area (TPSA) is 71.1 Å². The van der Waals surface area contributed by atoms with Gasteiger partial charge in [0.2, 0.25) is 5.78 Å². The highest BCUT2D eigenvalue weighted by Gasteiger charge is 2.28. The molecule has 1 aliphatic rings. The van der Waals surface area contributed by atoms with Crippen LogP contribution in [0.5, 0.6) is 17.2 Å². The number of Topliss-reactive ketones (excluding diaryl/α,β-unsaturated/α-hetero) is 1. The van der Waals surface area contributed by atoms with Gasteiger partial charge in [-0.3, -0.25) is 4.79 Å². The largest absolute Gasteiger partial charge is 0.497 e. The summed E-state index contributed by atoms with van der Waals surface area (Å²) in [6.07, 6.45) is 1.59. The van der Waals surface area contributed by atoms with Crippen LogP contribution in [-0.2, 0) is 9.53 Å². The zero-order valence-electron chi connectivity index (χ0n) is 14.5. The number of esters is 1. The van der Waals surface area contributed by atoms with E-state index in [0.29, 0.717) is 28.4 Å². The number of hydrogen-bond donors (Lipinski definition) is 0. The molecule has 0 saturated heterocycles. The molecule has 1 heterocycles. The van der Waals surface area contributed by atoms with Gasteiger partial charge in [0.25, 0.3) is 0 Å². The Balaban J connectivity index is 1.82. The zero-order valence-corrected chi connectivity index (χ0v) is 14.5. The number of ketones is 1. The van der Waals surface area contributed by atoms with Gasteiger partial charge in [0.05, 0.1) is 19.3 Å². The number of para-hydroxylation sites is 1. The SMILES string of the molecule is CCOC(=O)COc1ccccc1C=C1Oc2cc(OC)ccc2C1=O. The minimum Gasteiger partial charge on any atom is -0.497 e. The molecule has 134 valence electrons. The van der Waals surface area contributed by atoms with Gasteiger partial charge in [-0.25, -0.2) is 4.79 Å². The minimum absolute atomic E-state index is 0.181. The van der Waals surface area contributed by atoms with E-state index >= 15 is 0 Å². The summed E-state index contributed by atoms with van der Waals surface area (Å²) in [5.41, 5.74) is 1.10. The summed E-state index contributed by atoms with van der Waals surface area (Å²) < 4.78 is 21.2. The molecule has 0 aromatic heterocycles. The summed E-state index contributed by atoms with van der Waals surface area (Å²) in [7, 11) is 1.55. The molecule has 0 spiro atoms. The summed E-state index contributed by atoms with van der Waals surface area (Å²) in [6.45, 7) is 1.81. The van der Waals surface area contributed by atoms with Gasteiger partial charge in [-0.2, -0.15) is 0 Å². The van der Waals surface area contributed by atoms with Crippen LogP contribution >= 0.6 is 0 Å². The van der Waals surface area contributed by atoms with E-state index in [1.54, 1.807) is 62.6 Å². The van der Waals surface area contributed by atoms with Crippen LogP contribution in [0.25, 0.3) is 6.08 Å². The van der Waals surface area contributed by atoms with Crippen LogP contribution in [0, 0.1) is 0 Å². The Hall–Kier alpha value is -3.28. The average Bonchev–Trinajstić information content (AvgIpc) is 2.96. The van der Waals surface area contributed by atoms with E-state index in [0.717, 1.165) is 0 Å². The van der Waals surface area contributed by atoms with E-state index in [2.05, 4.69) is 0 Å². The molecule has 2 aromatic rings. The number of methoxy groups -OCH3 is 1. The fourth-order valence-electron chi connectivity index (χ4n) is 2.51. The standard InChI is InChI=1S/C20H18O6/c1-3-24-19(21)12-25-16-7-5-4-6-13(16)10-18-20(22)15-9-8-14(23-2)11-17(15)26-18/h4-11H,3,12H2,1-2H3. The van der Waals surface area contributed by atoms with Crippen LogP contribution in [-0.4, -0.2) is 32.1 Å². The first-order chi connectivity index (χ1) is 12.6. The number of benzene rings is 2. The average molecular weight is 354 g/mol. The molecule has 26 heavy (non-hydrogen) atoms. The lowest BCUT2D eigenvalue weighted by Gasteiger charge is -2.09. The lowest BCUT2D eigenvalue weighted by Crippen LogP contribution is -2.15. The molecule has 0 unspecified atom stereocenters. The second kappa shape index (κ2) is 7.74. The molecule has 0 N–H and O–H groups in total. The Morgan fingerprint density at radius 3 is 2.77 bits per heavy atom. The van der Waals surface area contributed by atoms with Crippen molar-refractivity contribution in [2.45, 2.75) is 6.92 Å². The zero-order chi connectivity index (χ0) is 18.5. The van der Waals surface area contributed by atoms with E-state index in [1.807, 2.05) is 0 Å². The van der Waals surface area contributed by atoms with Crippen molar-refractivity contribution in [3.63, 3.8) is 0 Å². The number of allylic oxidation sites excluding steroid dienone is 1. The van der Waals surface area contributed by atoms with E-state index < -0.39 is 5.97 Å². The lowest BCUT2D eigenvalue weighted by atomic mass is 10.1. The molecule has 0 radical (unpaired) electrons. The molecule has 0 fully saturated rings. The summed E-state index contributed by atoms with van der Waals surface area (Å²) in [5, 5.41) is 0. The highest BCUT2D eigenvalue weighted by atomic mass is 16.6. The van der Waals surface area contributed by atoms with Gasteiger partial charge in [-0.1, -0.05) is 18.2 Å². The molecule has 0 atom stereocenters. The maximum absolute atomic E-state index is 12.5. The first-order valence-electron chi connectivity index (χ1n) is 8.12. The Morgan fingerprint density at radius 2 is 2.00 bits per heavy atom. The number of fused-ring (bicyclic) bond motifs is 1.